The van der Waals surface area contributed by atoms with Crippen LogP contribution in [0.15, 0.2) is 45.3 Å². The lowest BCUT2D eigenvalue weighted by molar-refractivity contribution is 0.0139. The van der Waals surface area contributed by atoms with Crippen LogP contribution in [-0.4, -0.2) is 17.3 Å². The van der Waals surface area contributed by atoms with Gasteiger partial charge in [-0.1, -0.05) is 18.6 Å². The summed E-state index contributed by atoms with van der Waals surface area (Å²) in [4.78, 5) is 26.1. The molecule has 5 rings (SSSR count). The van der Waals surface area contributed by atoms with E-state index in [1.54, 1.807) is 6.07 Å². The Morgan fingerprint density at radius 2 is 1.87 bits per heavy atom. The maximum absolute atomic E-state index is 13.2. The predicted octanol–water partition coefficient (Wildman–Crippen LogP) is 6.42. The van der Waals surface area contributed by atoms with E-state index in [0.717, 1.165) is 30.2 Å². The fraction of sp³-hybridized carbons (Fsp3) is 0.333. The zero-order valence-corrected chi connectivity index (χ0v) is 18.3. The first-order valence-electron chi connectivity index (χ1n) is 10.3. The van der Waals surface area contributed by atoms with Crippen LogP contribution < -0.4 is 10.1 Å². The molecule has 1 aliphatic heterocycles. The number of para-hydroxylation sites is 1. The van der Waals surface area contributed by atoms with E-state index in [2.05, 4.69) is 21.2 Å². The van der Waals surface area contributed by atoms with Gasteiger partial charge in [0.1, 0.15) is 16.9 Å². The quantitative estimate of drug-likeness (QED) is 0.471. The molecule has 1 N–H and O–H groups in total. The predicted molar refractivity (Wildman–Crippen MR) is 118 cm³/mol. The molecule has 6 heteroatoms. The molecule has 1 saturated carbocycles. The van der Waals surface area contributed by atoms with Gasteiger partial charge in [0.25, 0.3) is 5.91 Å². The Kier molecular flexibility index (Phi) is 4.69. The lowest BCUT2D eigenvalue weighted by Crippen LogP contribution is -2.43. The molecule has 0 bridgehead atoms. The number of fused-ring (bicyclic) bond motifs is 3. The number of carbonyl (C=O) groups is 2. The van der Waals surface area contributed by atoms with Crippen molar-refractivity contribution < 1.29 is 18.7 Å². The summed E-state index contributed by atoms with van der Waals surface area (Å²) in [5.41, 5.74) is 2.02. The van der Waals surface area contributed by atoms with E-state index < -0.39 is 0 Å². The Labute approximate surface area is 182 Å². The number of aryl methyl sites for hydroxylation is 1. The van der Waals surface area contributed by atoms with Gasteiger partial charge in [-0.3, -0.25) is 9.59 Å². The first-order chi connectivity index (χ1) is 14.5. The van der Waals surface area contributed by atoms with Crippen molar-refractivity contribution in [2.75, 3.05) is 5.32 Å². The molecule has 3 aromatic rings. The number of carbonyl (C=O) groups excluding carboxylic acids is 2. The Morgan fingerprint density at radius 1 is 1.10 bits per heavy atom. The average molecular weight is 468 g/mol. The van der Waals surface area contributed by atoms with Crippen molar-refractivity contribution in [3.8, 4) is 5.75 Å². The van der Waals surface area contributed by atoms with Crippen LogP contribution in [0.3, 0.4) is 0 Å². The van der Waals surface area contributed by atoms with Gasteiger partial charge in [-0.15, -0.1) is 0 Å². The molecule has 1 fully saturated rings. The minimum absolute atomic E-state index is 0.0745. The summed E-state index contributed by atoms with van der Waals surface area (Å²) < 4.78 is 13.1. The Hall–Kier alpha value is -2.60. The molecule has 1 spiro atoms. The van der Waals surface area contributed by atoms with Crippen molar-refractivity contribution in [1.82, 2.24) is 0 Å². The molecule has 0 atom stereocenters. The molecule has 0 saturated heterocycles. The number of hydrogen-bond acceptors (Lipinski definition) is 4. The second-order valence-electron chi connectivity index (χ2n) is 8.25. The van der Waals surface area contributed by atoms with Gasteiger partial charge in [-0.2, -0.15) is 0 Å². The van der Waals surface area contributed by atoms with Gasteiger partial charge in [0, 0.05) is 15.4 Å². The van der Waals surface area contributed by atoms with E-state index in [-0.39, 0.29) is 23.1 Å². The maximum atomic E-state index is 13.2. The Balaban J connectivity index is 1.54. The van der Waals surface area contributed by atoms with Crippen molar-refractivity contribution in [2.24, 2.45) is 0 Å². The van der Waals surface area contributed by atoms with Gasteiger partial charge in [-0.05, 0) is 72.8 Å². The molecule has 1 aromatic heterocycles. The number of amides is 1. The Morgan fingerprint density at radius 3 is 2.63 bits per heavy atom. The first kappa shape index (κ1) is 19.4. The fourth-order valence-electron chi connectivity index (χ4n) is 4.77. The maximum Gasteiger partial charge on any atom is 0.291 e. The second-order valence-corrected chi connectivity index (χ2v) is 9.10. The number of ether oxygens (including phenoxy) is 1. The Bertz CT molecular complexity index is 1170. The number of Topliss-reactive ketones (excluding diaryl/α,β-unsaturated/α-hetero) is 1. The summed E-state index contributed by atoms with van der Waals surface area (Å²) in [7, 11) is 0. The van der Waals surface area contributed by atoms with Crippen LogP contribution in [0.25, 0.3) is 11.0 Å². The van der Waals surface area contributed by atoms with Crippen LogP contribution >= 0.6 is 15.9 Å². The standard InChI is InChI=1S/C24H22BrNO4/c1-14-20-18(29-22(14)23(28)26-16-8-4-3-7-15(16)25)9-10-19-21(20)17(27)13-24(30-19)11-5-2-6-12-24/h3-4,7-10H,2,5-6,11-13H2,1H3,(H,26,28). The van der Waals surface area contributed by atoms with Crippen molar-refractivity contribution in [3.63, 3.8) is 0 Å². The van der Waals surface area contributed by atoms with Crippen LogP contribution in [0.4, 0.5) is 5.69 Å². The number of rotatable bonds is 2. The minimum Gasteiger partial charge on any atom is -0.486 e. The monoisotopic (exact) mass is 467 g/mol. The van der Waals surface area contributed by atoms with E-state index in [4.69, 9.17) is 9.15 Å². The summed E-state index contributed by atoms with van der Waals surface area (Å²) in [6.07, 6.45) is 5.61. The van der Waals surface area contributed by atoms with Crippen LogP contribution in [-0.2, 0) is 0 Å². The number of hydrogen-bond donors (Lipinski definition) is 1. The highest BCUT2D eigenvalue weighted by Gasteiger charge is 2.42. The number of nitrogens with one attached hydrogen (secondary N) is 1. The van der Waals surface area contributed by atoms with E-state index >= 15 is 0 Å². The van der Waals surface area contributed by atoms with Crippen molar-refractivity contribution in [3.05, 3.63) is 57.8 Å². The largest absolute Gasteiger partial charge is 0.486 e. The SMILES string of the molecule is Cc1c(C(=O)Nc2ccccc2Br)oc2ccc3c(c12)C(=O)CC1(CCCCC1)O3. The highest BCUT2D eigenvalue weighted by Crippen LogP contribution is 2.45. The van der Waals surface area contributed by atoms with Gasteiger partial charge in [0.2, 0.25) is 0 Å². The van der Waals surface area contributed by atoms with E-state index in [0.29, 0.717) is 40.0 Å². The second kappa shape index (κ2) is 7.27. The molecule has 1 aliphatic carbocycles. The van der Waals surface area contributed by atoms with Crippen LogP contribution in [0.5, 0.6) is 5.75 Å². The number of furan rings is 1. The van der Waals surface area contributed by atoms with Crippen LogP contribution in [0.2, 0.25) is 0 Å². The molecule has 30 heavy (non-hydrogen) atoms. The molecule has 2 aliphatic rings. The van der Waals surface area contributed by atoms with Gasteiger partial charge in [-0.25, -0.2) is 0 Å². The summed E-state index contributed by atoms with van der Waals surface area (Å²) in [5, 5.41) is 3.55. The van der Waals surface area contributed by atoms with Crippen molar-refractivity contribution in [1.29, 1.82) is 0 Å². The third-order valence-corrected chi connectivity index (χ3v) is 6.93. The third kappa shape index (κ3) is 3.14. The topological polar surface area (TPSA) is 68.5 Å². The number of benzene rings is 2. The molecule has 1 amide bonds. The zero-order valence-electron chi connectivity index (χ0n) is 16.7. The number of anilines is 1. The molecule has 5 nitrogen and oxygen atoms in total. The van der Waals surface area contributed by atoms with Gasteiger partial charge in [0.05, 0.1) is 17.7 Å². The van der Waals surface area contributed by atoms with Gasteiger partial charge >= 0.3 is 0 Å². The zero-order chi connectivity index (χ0) is 20.9. The van der Waals surface area contributed by atoms with E-state index in [1.165, 1.54) is 6.42 Å². The van der Waals surface area contributed by atoms with Crippen LogP contribution in [0, 0.1) is 6.92 Å². The lowest BCUT2D eigenvalue weighted by atomic mass is 9.78. The van der Waals surface area contributed by atoms with Crippen molar-refractivity contribution in [2.45, 2.75) is 51.0 Å². The lowest BCUT2D eigenvalue weighted by Gasteiger charge is -2.40. The molecule has 0 radical (unpaired) electrons. The highest BCUT2D eigenvalue weighted by molar-refractivity contribution is 9.10. The van der Waals surface area contributed by atoms with E-state index in [1.807, 2.05) is 37.3 Å². The smallest absolute Gasteiger partial charge is 0.291 e. The number of ketones is 1. The summed E-state index contributed by atoms with van der Waals surface area (Å²) >= 11 is 3.44. The number of halogens is 1. The summed E-state index contributed by atoms with van der Waals surface area (Å²) in [5.74, 6) is 0.546. The molecule has 2 aromatic carbocycles. The summed E-state index contributed by atoms with van der Waals surface area (Å²) in [6, 6.07) is 11.0. The molecule has 154 valence electrons. The average Bonchev–Trinajstić information content (AvgIpc) is 3.07. The summed E-state index contributed by atoms with van der Waals surface area (Å²) in [6.45, 7) is 1.82. The van der Waals surface area contributed by atoms with Crippen molar-refractivity contribution >= 4 is 44.3 Å². The molecular weight excluding hydrogens is 446 g/mol. The third-order valence-electron chi connectivity index (χ3n) is 6.24. The minimum atomic E-state index is -0.368. The molecule has 0 unspecified atom stereocenters. The molecular formula is C24H22BrNO4. The fourth-order valence-corrected chi connectivity index (χ4v) is 5.15. The van der Waals surface area contributed by atoms with Gasteiger partial charge in [0.15, 0.2) is 11.5 Å². The normalized spacial score (nSPS) is 17.6. The molecule has 2 heterocycles. The van der Waals surface area contributed by atoms with E-state index in [9.17, 15) is 9.59 Å². The van der Waals surface area contributed by atoms with Gasteiger partial charge < -0.3 is 14.5 Å². The highest BCUT2D eigenvalue weighted by atomic mass is 79.9. The first-order valence-corrected chi connectivity index (χ1v) is 11.1. The van der Waals surface area contributed by atoms with Crippen LogP contribution in [0.1, 0.15) is 65.0 Å².